The van der Waals surface area contributed by atoms with Gasteiger partial charge in [0.15, 0.2) is 0 Å². The van der Waals surface area contributed by atoms with E-state index in [0.29, 0.717) is 6.04 Å². The molecule has 1 N–H and O–H groups in total. The first-order valence-corrected chi connectivity index (χ1v) is 6.32. The smallest absolute Gasteiger partial charge is 0.0928 e. The number of nitrogens with zero attached hydrogens (tertiary/aromatic N) is 1. The van der Waals surface area contributed by atoms with E-state index >= 15 is 0 Å². The zero-order valence-electron chi connectivity index (χ0n) is 8.97. The Balaban J connectivity index is 2.17. The van der Waals surface area contributed by atoms with Crippen molar-refractivity contribution in [1.82, 2.24) is 10.3 Å². The topological polar surface area (TPSA) is 24.9 Å². The lowest BCUT2D eigenvalue weighted by Gasteiger charge is -2.22. The molecular formula is C11H18N2S. The van der Waals surface area contributed by atoms with Crippen LogP contribution in [0.3, 0.4) is 0 Å². The molecule has 78 valence electrons. The van der Waals surface area contributed by atoms with Crippen molar-refractivity contribution in [3.05, 3.63) is 15.6 Å². The molecule has 0 spiro atoms. The highest BCUT2D eigenvalue weighted by molar-refractivity contribution is 7.11. The second-order valence-corrected chi connectivity index (χ2v) is 5.19. The molecule has 1 aromatic heterocycles. The van der Waals surface area contributed by atoms with Crippen LogP contribution in [0, 0.1) is 6.92 Å². The molecular weight excluding hydrogens is 192 g/mol. The lowest BCUT2D eigenvalue weighted by Crippen LogP contribution is -2.27. The molecule has 0 amide bonds. The van der Waals surface area contributed by atoms with Crippen LogP contribution in [0.4, 0.5) is 0 Å². The van der Waals surface area contributed by atoms with Gasteiger partial charge in [-0.15, -0.1) is 11.3 Å². The third-order valence-corrected chi connectivity index (χ3v) is 3.95. The van der Waals surface area contributed by atoms with E-state index in [2.05, 4.69) is 19.2 Å². The van der Waals surface area contributed by atoms with Crippen molar-refractivity contribution in [2.75, 3.05) is 6.54 Å². The first-order valence-electron chi connectivity index (χ1n) is 5.51. The van der Waals surface area contributed by atoms with Crippen LogP contribution in [0.5, 0.6) is 0 Å². The molecule has 0 aromatic carbocycles. The lowest BCUT2D eigenvalue weighted by atomic mass is 10.0. The minimum absolute atomic E-state index is 0.528. The van der Waals surface area contributed by atoms with E-state index < -0.39 is 0 Å². The van der Waals surface area contributed by atoms with Crippen LogP contribution in [0.2, 0.25) is 0 Å². The molecule has 0 bridgehead atoms. The summed E-state index contributed by atoms with van der Waals surface area (Å²) < 4.78 is 0. The summed E-state index contributed by atoms with van der Waals surface area (Å²) in [5.41, 5.74) is 1.31. The maximum absolute atomic E-state index is 4.71. The van der Waals surface area contributed by atoms with Gasteiger partial charge in [0.05, 0.1) is 16.7 Å². The van der Waals surface area contributed by atoms with Gasteiger partial charge in [-0.3, -0.25) is 0 Å². The second-order valence-electron chi connectivity index (χ2n) is 3.91. The van der Waals surface area contributed by atoms with E-state index in [4.69, 9.17) is 4.98 Å². The largest absolute Gasteiger partial charge is 0.309 e. The first-order chi connectivity index (χ1) is 6.81. The van der Waals surface area contributed by atoms with Crippen LogP contribution in [-0.2, 0) is 6.42 Å². The summed E-state index contributed by atoms with van der Waals surface area (Å²) in [6, 6.07) is 0.528. The Hall–Kier alpha value is -0.410. The molecule has 1 atom stereocenters. The van der Waals surface area contributed by atoms with Gasteiger partial charge in [0, 0.05) is 4.88 Å². The van der Waals surface area contributed by atoms with E-state index in [1.165, 1.54) is 34.8 Å². The number of hydrogen-bond acceptors (Lipinski definition) is 3. The number of piperidine rings is 1. The average Bonchev–Trinajstić information content (AvgIpc) is 2.61. The average molecular weight is 210 g/mol. The van der Waals surface area contributed by atoms with Gasteiger partial charge in [-0.05, 0) is 32.7 Å². The zero-order valence-corrected chi connectivity index (χ0v) is 9.78. The summed E-state index contributed by atoms with van der Waals surface area (Å²) in [7, 11) is 0. The van der Waals surface area contributed by atoms with Crippen molar-refractivity contribution < 1.29 is 0 Å². The molecule has 1 fully saturated rings. The summed E-state index contributed by atoms with van der Waals surface area (Å²) in [5, 5.41) is 4.84. The van der Waals surface area contributed by atoms with E-state index in [9.17, 15) is 0 Å². The number of aryl methyl sites for hydroxylation is 2. The molecule has 1 aliphatic rings. The van der Waals surface area contributed by atoms with E-state index in [-0.39, 0.29) is 0 Å². The minimum Gasteiger partial charge on any atom is -0.309 e. The third-order valence-electron chi connectivity index (χ3n) is 2.82. The molecule has 0 radical (unpaired) electrons. The highest BCUT2D eigenvalue weighted by atomic mass is 32.1. The standard InChI is InChI=1S/C11H18N2S/c1-3-10-13-11(8(2)14-10)9-6-4-5-7-12-9/h9,12H,3-7H2,1-2H3. The van der Waals surface area contributed by atoms with Gasteiger partial charge in [-0.2, -0.15) is 0 Å². The lowest BCUT2D eigenvalue weighted by molar-refractivity contribution is 0.405. The number of hydrogen-bond donors (Lipinski definition) is 1. The zero-order chi connectivity index (χ0) is 9.97. The fraction of sp³-hybridized carbons (Fsp3) is 0.727. The highest BCUT2D eigenvalue weighted by Crippen LogP contribution is 2.28. The molecule has 1 aromatic rings. The van der Waals surface area contributed by atoms with Gasteiger partial charge in [0.2, 0.25) is 0 Å². The van der Waals surface area contributed by atoms with Gasteiger partial charge in [0.1, 0.15) is 0 Å². The SMILES string of the molecule is CCc1nc(C2CCCCN2)c(C)s1. The molecule has 0 aliphatic carbocycles. The van der Waals surface area contributed by atoms with Crippen molar-refractivity contribution in [3.63, 3.8) is 0 Å². The third kappa shape index (κ3) is 1.98. The Morgan fingerprint density at radius 2 is 2.36 bits per heavy atom. The monoisotopic (exact) mass is 210 g/mol. The Morgan fingerprint density at radius 3 is 2.93 bits per heavy atom. The molecule has 1 unspecified atom stereocenters. The second kappa shape index (κ2) is 4.41. The Labute approximate surface area is 89.8 Å². The van der Waals surface area contributed by atoms with Crippen LogP contribution in [0.1, 0.15) is 47.8 Å². The summed E-state index contributed by atoms with van der Waals surface area (Å²) in [4.78, 5) is 6.11. The number of nitrogens with one attached hydrogen (secondary N) is 1. The van der Waals surface area contributed by atoms with E-state index in [0.717, 1.165) is 13.0 Å². The molecule has 2 nitrogen and oxygen atoms in total. The van der Waals surface area contributed by atoms with Gasteiger partial charge in [-0.1, -0.05) is 13.3 Å². The van der Waals surface area contributed by atoms with Crippen molar-refractivity contribution in [2.45, 2.75) is 45.6 Å². The van der Waals surface area contributed by atoms with Crippen molar-refractivity contribution in [1.29, 1.82) is 0 Å². The quantitative estimate of drug-likeness (QED) is 0.812. The molecule has 1 saturated heterocycles. The van der Waals surface area contributed by atoms with E-state index in [1.807, 2.05) is 11.3 Å². The summed E-state index contributed by atoms with van der Waals surface area (Å²) in [6.07, 6.45) is 4.99. The number of aromatic nitrogens is 1. The van der Waals surface area contributed by atoms with Crippen LogP contribution < -0.4 is 5.32 Å². The highest BCUT2D eigenvalue weighted by Gasteiger charge is 2.19. The fourth-order valence-corrected chi connectivity index (χ4v) is 2.96. The molecule has 14 heavy (non-hydrogen) atoms. The Kier molecular flexibility index (Phi) is 3.19. The van der Waals surface area contributed by atoms with Crippen LogP contribution in [0.25, 0.3) is 0 Å². The predicted octanol–water partition coefficient (Wildman–Crippen LogP) is 2.83. The first kappa shape index (κ1) is 10.1. The predicted molar refractivity (Wildman–Crippen MR) is 60.8 cm³/mol. The van der Waals surface area contributed by atoms with Crippen molar-refractivity contribution >= 4 is 11.3 Å². The minimum atomic E-state index is 0.528. The van der Waals surface area contributed by atoms with Crippen molar-refractivity contribution in [3.8, 4) is 0 Å². The maximum Gasteiger partial charge on any atom is 0.0928 e. The van der Waals surface area contributed by atoms with E-state index in [1.54, 1.807) is 0 Å². The summed E-state index contributed by atoms with van der Waals surface area (Å²) in [5.74, 6) is 0. The van der Waals surface area contributed by atoms with Gasteiger partial charge < -0.3 is 5.32 Å². The summed E-state index contributed by atoms with van der Waals surface area (Å²) >= 11 is 1.86. The molecule has 2 rings (SSSR count). The Bertz CT molecular complexity index is 300. The van der Waals surface area contributed by atoms with Gasteiger partial charge in [-0.25, -0.2) is 4.98 Å². The van der Waals surface area contributed by atoms with Crippen molar-refractivity contribution in [2.24, 2.45) is 0 Å². The normalized spacial score (nSPS) is 22.6. The van der Waals surface area contributed by atoms with Gasteiger partial charge >= 0.3 is 0 Å². The fourth-order valence-electron chi connectivity index (χ4n) is 2.02. The van der Waals surface area contributed by atoms with Crippen LogP contribution >= 0.6 is 11.3 Å². The number of rotatable bonds is 2. The molecule has 2 heterocycles. The maximum atomic E-state index is 4.71. The Morgan fingerprint density at radius 1 is 1.50 bits per heavy atom. The van der Waals surface area contributed by atoms with Gasteiger partial charge in [0.25, 0.3) is 0 Å². The molecule has 3 heteroatoms. The number of thiazole rings is 1. The molecule has 1 aliphatic heterocycles. The summed E-state index contributed by atoms with van der Waals surface area (Å²) in [6.45, 7) is 5.53. The van der Waals surface area contributed by atoms with Crippen LogP contribution in [-0.4, -0.2) is 11.5 Å². The van der Waals surface area contributed by atoms with Crippen LogP contribution in [0.15, 0.2) is 0 Å². The molecule has 0 saturated carbocycles.